The molecule has 0 N–H and O–H groups in total. The van der Waals surface area contributed by atoms with E-state index in [9.17, 15) is 23.2 Å². The summed E-state index contributed by atoms with van der Waals surface area (Å²) in [7, 11) is 0. The number of rotatable bonds is 2. The van der Waals surface area contributed by atoms with Crippen LogP contribution in [-0.2, 0) is 14.3 Å². The normalized spacial score (nSPS) is 14.5. The minimum Gasteiger partial charge on any atom is -0.459 e. The predicted molar refractivity (Wildman–Crippen MR) is 80.2 cm³/mol. The van der Waals surface area contributed by atoms with Crippen molar-refractivity contribution in [2.75, 3.05) is 32.8 Å². The summed E-state index contributed by atoms with van der Waals surface area (Å²) in [4.78, 5) is 38.1. The highest BCUT2D eigenvalue weighted by atomic mass is 19.1. The maximum absolute atomic E-state index is 14.1. The highest BCUT2D eigenvalue weighted by Gasteiger charge is 2.31. The number of benzene rings is 1. The van der Waals surface area contributed by atoms with E-state index in [0.29, 0.717) is 0 Å². The molecule has 0 aliphatic carbocycles. The van der Waals surface area contributed by atoms with Crippen molar-refractivity contribution < 1.29 is 27.9 Å². The van der Waals surface area contributed by atoms with Crippen LogP contribution >= 0.6 is 0 Å². The molecule has 24 heavy (non-hydrogen) atoms. The van der Waals surface area contributed by atoms with Crippen LogP contribution in [0.25, 0.3) is 0 Å². The van der Waals surface area contributed by atoms with Crippen LogP contribution < -0.4 is 0 Å². The standard InChI is InChI=1S/C16H18F2N2O4/c1-3-24-16(23)15(22)20-8-6-19(7-9-20)14(21)12-11(17)5-4-10(2)13(12)18/h4-5H,3,6-9H2,1-2H3. The molecule has 0 bridgehead atoms. The first-order valence-electron chi connectivity index (χ1n) is 7.56. The Kier molecular flexibility index (Phi) is 5.48. The van der Waals surface area contributed by atoms with Crippen LogP contribution in [0, 0.1) is 18.6 Å². The Bertz CT molecular complexity index is 670. The fourth-order valence-corrected chi connectivity index (χ4v) is 2.45. The average molecular weight is 340 g/mol. The summed E-state index contributed by atoms with van der Waals surface area (Å²) in [6.45, 7) is 3.48. The number of ether oxygens (including phenoxy) is 1. The van der Waals surface area contributed by atoms with E-state index in [1.807, 2.05) is 0 Å². The molecule has 2 rings (SSSR count). The van der Waals surface area contributed by atoms with E-state index in [4.69, 9.17) is 0 Å². The van der Waals surface area contributed by atoms with Crippen molar-refractivity contribution in [1.82, 2.24) is 9.80 Å². The van der Waals surface area contributed by atoms with Gasteiger partial charge in [-0.05, 0) is 25.5 Å². The Hall–Kier alpha value is -2.51. The molecule has 1 saturated heterocycles. The van der Waals surface area contributed by atoms with E-state index >= 15 is 0 Å². The lowest BCUT2D eigenvalue weighted by atomic mass is 10.1. The summed E-state index contributed by atoms with van der Waals surface area (Å²) in [5, 5.41) is 0. The third-order valence-corrected chi connectivity index (χ3v) is 3.80. The fraction of sp³-hybridized carbons (Fsp3) is 0.438. The first kappa shape index (κ1) is 17.8. The maximum atomic E-state index is 14.1. The third kappa shape index (κ3) is 3.52. The lowest BCUT2D eigenvalue weighted by Crippen LogP contribution is -2.52. The topological polar surface area (TPSA) is 66.9 Å². The Labute approximate surface area is 138 Å². The molecule has 0 saturated carbocycles. The molecule has 1 heterocycles. The number of hydrogen-bond acceptors (Lipinski definition) is 4. The van der Waals surface area contributed by atoms with E-state index in [1.165, 1.54) is 22.8 Å². The summed E-state index contributed by atoms with van der Waals surface area (Å²) < 4.78 is 32.5. The smallest absolute Gasteiger partial charge is 0.397 e. The summed E-state index contributed by atoms with van der Waals surface area (Å²) in [5.74, 6) is -4.31. The molecule has 1 aliphatic heterocycles. The molecule has 1 aromatic rings. The molecule has 2 amide bonds. The number of hydrogen-bond donors (Lipinski definition) is 0. The number of aryl methyl sites for hydroxylation is 1. The van der Waals surface area contributed by atoms with Crippen LogP contribution in [0.4, 0.5) is 8.78 Å². The highest BCUT2D eigenvalue weighted by molar-refractivity contribution is 6.32. The molecule has 0 atom stereocenters. The van der Waals surface area contributed by atoms with Gasteiger partial charge in [-0.3, -0.25) is 9.59 Å². The van der Waals surface area contributed by atoms with Crippen LogP contribution in [-0.4, -0.2) is 60.4 Å². The number of piperazine rings is 1. The molecule has 6 nitrogen and oxygen atoms in total. The first-order chi connectivity index (χ1) is 11.4. The van der Waals surface area contributed by atoms with E-state index in [0.717, 1.165) is 6.07 Å². The molecule has 130 valence electrons. The van der Waals surface area contributed by atoms with Crippen LogP contribution in [0.2, 0.25) is 0 Å². The van der Waals surface area contributed by atoms with Crippen LogP contribution in [0.15, 0.2) is 12.1 Å². The zero-order valence-electron chi connectivity index (χ0n) is 13.5. The van der Waals surface area contributed by atoms with Crippen LogP contribution in [0.3, 0.4) is 0 Å². The van der Waals surface area contributed by atoms with Crippen molar-refractivity contribution in [2.45, 2.75) is 13.8 Å². The van der Waals surface area contributed by atoms with Gasteiger partial charge in [0.15, 0.2) is 0 Å². The molecule has 0 unspecified atom stereocenters. The lowest BCUT2D eigenvalue weighted by molar-refractivity contribution is -0.160. The van der Waals surface area contributed by atoms with E-state index < -0.39 is 35.0 Å². The van der Waals surface area contributed by atoms with Gasteiger partial charge in [-0.2, -0.15) is 0 Å². The summed E-state index contributed by atoms with van der Waals surface area (Å²) >= 11 is 0. The molecular formula is C16H18F2N2O4. The number of amides is 2. The van der Waals surface area contributed by atoms with Crippen molar-refractivity contribution in [1.29, 1.82) is 0 Å². The highest BCUT2D eigenvalue weighted by Crippen LogP contribution is 2.19. The van der Waals surface area contributed by atoms with Gasteiger partial charge in [0.25, 0.3) is 5.91 Å². The maximum Gasteiger partial charge on any atom is 0.397 e. The minimum atomic E-state index is -0.951. The third-order valence-electron chi connectivity index (χ3n) is 3.80. The molecule has 8 heteroatoms. The lowest BCUT2D eigenvalue weighted by Gasteiger charge is -2.34. The monoisotopic (exact) mass is 340 g/mol. The van der Waals surface area contributed by atoms with Crippen molar-refractivity contribution in [3.05, 3.63) is 34.9 Å². The molecule has 0 radical (unpaired) electrons. The summed E-state index contributed by atoms with van der Waals surface area (Å²) in [5.41, 5.74) is -0.420. The largest absolute Gasteiger partial charge is 0.459 e. The molecule has 1 fully saturated rings. The van der Waals surface area contributed by atoms with Gasteiger partial charge in [-0.1, -0.05) is 6.07 Å². The van der Waals surface area contributed by atoms with Gasteiger partial charge in [-0.15, -0.1) is 0 Å². The zero-order chi connectivity index (χ0) is 17.9. The number of carbonyl (C=O) groups excluding carboxylic acids is 3. The van der Waals surface area contributed by atoms with Crippen molar-refractivity contribution in [2.24, 2.45) is 0 Å². The number of halogens is 2. The van der Waals surface area contributed by atoms with Gasteiger partial charge >= 0.3 is 11.9 Å². The second kappa shape index (κ2) is 7.37. The fourth-order valence-electron chi connectivity index (χ4n) is 2.45. The summed E-state index contributed by atoms with van der Waals surface area (Å²) in [6, 6.07) is 2.31. The quantitative estimate of drug-likeness (QED) is 0.598. The molecule has 1 aliphatic rings. The van der Waals surface area contributed by atoms with Gasteiger partial charge in [0.1, 0.15) is 17.2 Å². The van der Waals surface area contributed by atoms with Gasteiger partial charge in [0.2, 0.25) is 0 Å². The number of nitrogens with zero attached hydrogens (tertiary/aromatic N) is 2. The van der Waals surface area contributed by atoms with E-state index in [-0.39, 0.29) is 38.3 Å². The van der Waals surface area contributed by atoms with E-state index in [2.05, 4.69) is 4.74 Å². The van der Waals surface area contributed by atoms with Gasteiger partial charge in [0.05, 0.1) is 6.61 Å². The van der Waals surface area contributed by atoms with Gasteiger partial charge in [0, 0.05) is 26.2 Å². The molecular weight excluding hydrogens is 322 g/mol. The van der Waals surface area contributed by atoms with Crippen molar-refractivity contribution in [3.63, 3.8) is 0 Å². The molecule has 1 aromatic carbocycles. The first-order valence-corrected chi connectivity index (χ1v) is 7.56. The molecule has 0 spiro atoms. The Morgan fingerprint density at radius 2 is 1.67 bits per heavy atom. The minimum absolute atomic E-state index is 0.0802. The van der Waals surface area contributed by atoms with Crippen molar-refractivity contribution >= 4 is 17.8 Å². The second-order valence-corrected chi connectivity index (χ2v) is 5.36. The van der Waals surface area contributed by atoms with Crippen LogP contribution in [0.5, 0.6) is 0 Å². The number of esters is 1. The Morgan fingerprint density at radius 3 is 2.25 bits per heavy atom. The predicted octanol–water partition coefficient (Wildman–Crippen LogP) is 1.12. The van der Waals surface area contributed by atoms with E-state index in [1.54, 1.807) is 6.92 Å². The second-order valence-electron chi connectivity index (χ2n) is 5.36. The number of carbonyl (C=O) groups is 3. The SMILES string of the molecule is CCOC(=O)C(=O)N1CCN(C(=O)c2c(F)ccc(C)c2F)CC1. The van der Waals surface area contributed by atoms with Gasteiger partial charge in [-0.25, -0.2) is 13.6 Å². The van der Waals surface area contributed by atoms with Crippen molar-refractivity contribution in [3.8, 4) is 0 Å². The van der Waals surface area contributed by atoms with Crippen LogP contribution in [0.1, 0.15) is 22.8 Å². The Morgan fingerprint density at radius 1 is 1.08 bits per heavy atom. The zero-order valence-corrected chi connectivity index (χ0v) is 13.5. The summed E-state index contributed by atoms with van der Waals surface area (Å²) in [6.07, 6.45) is 0. The van der Waals surface area contributed by atoms with Gasteiger partial charge < -0.3 is 14.5 Å². The average Bonchev–Trinajstić information content (AvgIpc) is 2.58. The Balaban J connectivity index is 2.05. The molecule has 0 aromatic heterocycles.